The van der Waals surface area contributed by atoms with E-state index in [2.05, 4.69) is 15.2 Å². The van der Waals surface area contributed by atoms with Gasteiger partial charge in [0.2, 0.25) is 0 Å². The normalized spacial score (nSPS) is 11.7. The lowest BCUT2D eigenvalue weighted by Gasteiger charge is -2.08. The van der Waals surface area contributed by atoms with Crippen LogP contribution in [-0.4, -0.2) is 30.7 Å². The third-order valence-corrected chi connectivity index (χ3v) is 3.40. The molecular weight excluding hydrogens is 300 g/mol. The van der Waals surface area contributed by atoms with Gasteiger partial charge in [0.1, 0.15) is 6.20 Å². The fourth-order valence-corrected chi connectivity index (χ4v) is 1.91. The number of halogens is 1. The molecule has 2 aromatic heterocycles. The summed E-state index contributed by atoms with van der Waals surface area (Å²) in [5.74, 6) is -0.131. The van der Waals surface area contributed by atoms with Crippen LogP contribution in [0.3, 0.4) is 0 Å². The van der Waals surface area contributed by atoms with E-state index in [1.54, 1.807) is 13.8 Å². The van der Waals surface area contributed by atoms with Gasteiger partial charge in [-0.1, -0.05) is 16.8 Å². The van der Waals surface area contributed by atoms with Crippen molar-refractivity contribution in [3.05, 3.63) is 44.4 Å². The van der Waals surface area contributed by atoms with Gasteiger partial charge in [-0.25, -0.2) is 9.67 Å². The molecule has 0 saturated heterocycles. The number of nitrogens with zero attached hydrogens (tertiary/aromatic N) is 5. The number of amidine groups is 1. The van der Waals surface area contributed by atoms with Gasteiger partial charge in [-0.2, -0.15) is 5.10 Å². The summed E-state index contributed by atoms with van der Waals surface area (Å²) in [5, 5.41) is 27.1. The highest BCUT2D eigenvalue weighted by Crippen LogP contribution is 2.24. The van der Waals surface area contributed by atoms with Crippen LogP contribution in [0, 0.1) is 24.0 Å². The summed E-state index contributed by atoms with van der Waals surface area (Å²) in [6, 6.07) is 1.15. The van der Waals surface area contributed by atoms with Gasteiger partial charge in [-0.05, 0) is 13.8 Å². The van der Waals surface area contributed by atoms with E-state index in [0.717, 1.165) is 12.3 Å². The van der Waals surface area contributed by atoms with E-state index < -0.39 is 4.92 Å². The SMILES string of the molecule is Cc1nn(-c2ncc([N+](=O)[O-])cc2C(N)=NO)c(C)c1Cl. The molecule has 0 aliphatic rings. The van der Waals surface area contributed by atoms with E-state index in [1.165, 1.54) is 4.68 Å². The summed E-state index contributed by atoms with van der Waals surface area (Å²) in [4.78, 5) is 14.2. The van der Waals surface area contributed by atoms with Gasteiger partial charge in [0.05, 0.1) is 26.9 Å². The Bertz CT molecular complexity index is 755. The zero-order chi connectivity index (χ0) is 15.7. The van der Waals surface area contributed by atoms with Crippen LogP contribution in [0.25, 0.3) is 5.82 Å². The van der Waals surface area contributed by atoms with Crippen LogP contribution in [0.1, 0.15) is 17.0 Å². The Morgan fingerprint density at radius 1 is 1.57 bits per heavy atom. The van der Waals surface area contributed by atoms with Crippen LogP contribution in [-0.2, 0) is 0 Å². The quantitative estimate of drug-likeness (QED) is 0.290. The summed E-state index contributed by atoms with van der Waals surface area (Å²) in [7, 11) is 0. The summed E-state index contributed by atoms with van der Waals surface area (Å²) in [5.41, 5.74) is 6.51. The van der Waals surface area contributed by atoms with Gasteiger partial charge in [-0.15, -0.1) is 0 Å². The molecule has 0 bridgehead atoms. The van der Waals surface area contributed by atoms with Crippen molar-refractivity contribution >= 4 is 23.1 Å². The molecule has 2 aromatic rings. The van der Waals surface area contributed by atoms with Gasteiger partial charge in [0.25, 0.3) is 5.69 Å². The predicted octanol–water partition coefficient (Wildman–Crippen LogP) is 1.54. The third kappa shape index (κ3) is 2.50. The molecule has 2 heterocycles. The monoisotopic (exact) mass is 310 g/mol. The van der Waals surface area contributed by atoms with E-state index in [1.807, 2.05) is 0 Å². The summed E-state index contributed by atoms with van der Waals surface area (Å²) < 4.78 is 1.38. The zero-order valence-electron chi connectivity index (χ0n) is 11.1. The maximum Gasteiger partial charge on any atom is 0.288 e. The molecule has 0 radical (unpaired) electrons. The van der Waals surface area contributed by atoms with Crippen LogP contribution in [0.4, 0.5) is 5.69 Å². The molecule has 2 rings (SSSR count). The highest BCUT2D eigenvalue weighted by atomic mass is 35.5. The number of nitro groups is 1. The zero-order valence-corrected chi connectivity index (χ0v) is 11.9. The molecule has 0 saturated carbocycles. The maximum absolute atomic E-state index is 10.8. The summed E-state index contributed by atoms with van der Waals surface area (Å²) in [6.45, 7) is 3.42. The first kappa shape index (κ1) is 14.7. The highest BCUT2D eigenvalue weighted by molar-refractivity contribution is 6.31. The standard InChI is InChI=1S/C11H11ClN6O3/c1-5-9(12)6(2)17(15-5)11-8(10(13)16-19)3-7(4-14-11)18(20)21/h3-4,19H,1-2H3,(H2,13,16). The molecule has 0 atom stereocenters. The minimum absolute atomic E-state index is 0.0777. The minimum atomic E-state index is -0.626. The number of nitrogens with two attached hydrogens (primary N) is 1. The Morgan fingerprint density at radius 3 is 2.71 bits per heavy atom. The molecule has 0 spiro atoms. The number of hydrogen-bond acceptors (Lipinski definition) is 6. The lowest BCUT2D eigenvalue weighted by molar-refractivity contribution is -0.385. The second kappa shape index (κ2) is 5.37. The van der Waals surface area contributed by atoms with Crippen molar-refractivity contribution < 1.29 is 10.1 Å². The first-order valence-electron chi connectivity index (χ1n) is 5.71. The lowest BCUT2D eigenvalue weighted by Crippen LogP contribution is -2.18. The first-order chi connectivity index (χ1) is 9.86. The van der Waals surface area contributed by atoms with Crippen LogP contribution >= 0.6 is 11.6 Å². The third-order valence-electron chi connectivity index (χ3n) is 2.85. The molecule has 0 unspecified atom stereocenters. The van der Waals surface area contributed by atoms with Gasteiger partial charge < -0.3 is 10.9 Å². The van der Waals surface area contributed by atoms with E-state index in [9.17, 15) is 10.1 Å². The molecule has 0 aromatic carbocycles. The van der Waals surface area contributed by atoms with Gasteiger partial charge >= 0.3 is 0 Å². The molecular formula is C11H11ClN6O3. The second-order valence-electron chi connectivity index (χ2n) is 4.20. The molecule has 9 nitrogen and oxygen atoms in total. The molecule has 0 aliphatic carbocycles. The molecule has 0 amide bonds. The number of rotatable bonds is 3. The van der Waals surface area contributed by atoms with Crippen molar-refractivity contribution in [2.24, 2.45) is 10.9 Å². The second-order valence-corrected chi connectivity index (χ2v) is 4.58. The molecule has 0 fully saturated rings. The Hall–Kier alpha value is -2.68. The van der Waals surface area contributed by atoms with E-state index in [4.69, 9.17) is 22.5 Å². The van der Waals surface area contributed by atoms with Crippen molar-refractivity contribution in [2.75, 3.05) is 0 Å². The molecule has 0 aliphatic heterocycles. The fourth-order valence-electron chi connectivity index (χ4n) is 1.79. The number of hydrogen-bond donors (Lipinski definition) is 2. The summed E-state index contributed by atoms with van der Waals surface area (Å²) in [6.07, 6.45) is 1.06. The largest absolute Gasteiger partial charge is 0.409 e. The molecule has 3 N–H and O–H groups in total. The first-order valence-corrected chi connectivity index (χ1v) is 6.09. The topological polar surface area (TPSA) is 132 Å². The van der Waals surface area contributed by atoms with E-state index in [-0.39, 0.29) is 22.9 Å². The number of aryl methyl sites for hydroxylation is 1. The van der Waals surface area contributed by atoms with Crippen molar-refractivity contribution in [1.82, 2.24) is 14.8 Å². The predicted molar refractivity (Wildman–Crippen MR) is 75.0 cm³/mol. The Labute approximate surface area is 123 Å². The van der Waals surface area contributed by atoms with Crippen LogP contribution in [0.2, 0.25) is 5.02 Å². The Balaban J connectivity index is 2.73. The average Bonchev–Trinajstić information content (AvgIpc) is 2.73. The maximum atomic E-state index is 10.8. The fraction of sp³-hybridized carbons (Fsp3) is 0.182. The van der Waals surface area contributed by atoms with Crippen molar-refractivity contribution in [3.63, 3.8) is 0 Å². The molecule has 110 valence electrons. The molecule has 10 heteroatoms. The van der Waals surface area contributed by atoms with Gasteiger partial charge in [0.15, 0.2) is 11.7 Å². The number of aromatic nitrogens is 3. The van der Waals surface area contributed by atoms with Gasteiger partial charge in [0, 0.05) is 6.07 Å². The van der Waals surface area contributed by atoms with Crippen molar-refractivity contribution in [2.45, 2.75) is 13.8 Å². The summed E-state index contributed by atoms with van der Waals surface area (Å²) >= 11 is 6.07. The molecule has 21 heavy (non-hydrogen) atoms. The van der Waals surface area contributed by atoms with Crippen LogP contribution in [0.15, 0.2) is 17.4 Å². The lowest BCUT2D eigenvalue weighted by atomic mass is 10.2. The number of pyridine rings is 1. The average molecular weight is 311 g/mol. The highest BCUT2D eigenvalue weighted by Gasteiger charge is 2.20. The Morgan fingerprint density at radius 2 is 2.24 bits per heavy atom. The van der Waals surface area contributed by atoms with E-state index in [0.29, 0.717) is 16.4 Å². The van der Waals surface area contributed by atoms with Crippen molar-refractivity contribution in [1.29, 1.82) is 0 Å². The van der Waals surface area contributed by atoms with Gasteiger partial charge in [-0.3, -0.25) is 10.1 Å². The van der Waals surface area contributed by atoms with Crippen LogP contribution < -0.4 is 5.73 Å². The van der Waals surface area contributed by atoms with Crippen molar-refractivity contribution in [3.8, 4) is 5.82 Å². The van der Waals surface area contributed by atoms with E-state index >= 15 is 0 Å². The minimum Gasteiger partial charge on any atom is -0.409 e. The number of oxime groups is 1. The smallest absolute Gasteiger partial charge is 0.288 e. The van der Waals surface area contributed by atoms with Crippen LogP contribution in [0.5, 0.6) is 0 Å². The Kier molecular flexibility index (Phi) is 3.76.